The molecule has 1 aromatic heterocycles. The number of halogens is 3. The van der Waals surface area contributed by atoms with Crippen molar-refractivity contribution in [1.29, 1.82) is 0 Å². The maximum Gasteiger partial charge on any atom is 0.416 e. The smallest absolute Gasteiger partial charge is 0.416 e. The van der Waals surface area contributed by atoms with Crippen molar-refractivity contribution < 1.29 is 31.9 Å². The number of amides is 2. The van der Waals surface area contributed by atoms with E-state index in [-0.39, 0.29) is 12.2 Å². The standard InChI is InChI=1S/C16H15F3N2O4/c1-24-13(12-6-3-7-25-12)9-20-14(22)15(23)21-11-5-2-4-10(8-11)16(17,18)19/h2-8,13H,9H2,1H3,(H,20,22)(H,21,23). The van der Waals surface area contributed by atoms with E-state index in [1.165, 1.54) is 19.4 Å². The number of hydrogen-bond donors (Lipinski definition) is 2. The van der Waals surface area contributed by atoms with Gasteiger partial charge in [-0.2, -0.15) is 13.2 Å². The summed E-state index contributed by atoms with van der Waals surface area (Å²) in [5, 5.41) is 4.44. The van der Waals surface area contributed by atoms with Gasteiger partial charge < -0.3 is 19.8 Å². The van der Waals surface area contributed by atoms with Gasteiger partial charge in [-0.05, 0) is 30.3 Å². The van der Waals surface area contributed by atoms with Crippen LogP contribution < -0.4 is 10.6 Å². The van der Waals surface area contributed by atoms with Crippen molar-refractivity contribution in [2.75, 3.05) is 19.0 Å². The molecule has 6 nitrogen and oxygen atoms in total. The number of alkyl halides is 3. The average Bonchev–Trinajstić information content (AvgIpc) is 3.09. The highest BCUT2D eigenvalue weighted by atomic mass is 19.4. The van der Waals surface area contributed by atoms with Crippen LogP contribution in [0.25, 0.3) is 0 Å². The number of methoxy groups -OCH3 is 1. The predicted octanol–water partition coefficient (Wildman–Crippen LogP) is 2.74. The number of hydrogen-bond acceptors (Lipinski definition) is 4. The lowest BCUT2D eigenvalue weighted by molar-refractivity contribution is -0.137. The Balaban J connectivity index is 1.93. The van der Waals surface area contributed by atoms with Crippen LogP contribution in [0.1, 0.15) is 17.4 Å². The summed E-state index contributed by atoms with van der Waals surface area (Å²) in [7, 11) is 1.40. The van der Waals surface area contributed by atoms with E-state index in [1.54, 1.807) is 12.1 Å². The van der Waals surface area contributed by atoms with Crippen molar-refractivity contribution >= 4 is 17.5 Å². The van der Waals surface area contributed by atoms with Crippen molar-refractivity contribution in [2.24, 2.45) is 0 Å². The number of carbonyl (C=O) groups is 2. The Bertz CT molecular complexity index is 729. The molecule has 0 aliphatic rings. The van der Waals surface area contributed by atoms with Crippen LogP contribution in [0.4, 0.5) is 18.9 Å². The molecule has 2 amide bonds. The molecule has 2 rings (SSSR count). The summed E-state index contributed by atoms with van der Waals surface area (Å²) in [6.45, 7) is -0.0428. The second kappa shape index (κ2) is 7.84. The van der Waals surface area contributed by atoms with Crippen molar-refractivity contribution in [3.63, 3.8) is 0 Å². The molecule has 0 radical (unpaired) electrons. The molecule has 25 heavy (non-hydrogen) atoms. The quantitative estimate of drug-likeness (QED) is 0.808. The molecular weight excluding hydrogens is 341 g/mol. The highest BCUT2D eigenvalue weighted by Gasteiger charge is 2.30. The molecule has 2 aromatic rings. The molecule has 1 unspecified atom stereocenters. The lowest BCUT2D eigenvalue weighted by atomic mass is 10.2. The average molecular weight is 356 g/mol. The third-order valence-corrected chi connectivity index (χ3v) is 3.25. The Morgan fingerprint density at radius 1 is 1.20 bits per heavy atom. The summed E-state index contributed by atoms with van der Waals surface area (Å²) in [6, 6.07) is 7.27. The van der Waals surface area contributed by atoms with Crippen LogP contribution in [0.5, 0.6) is 0 Å². The van der Waals surface area contributed by atoms with Gasteiger partial charge in [0.05, 0.1) is 18.4 Å². The first kappa shape index (κ1) is 18.5. The van der Waals surface area contributed by atoms with Crippen molar-refractivity contribution in [3.05, 3.63) is 54.0 Å². The van der Waals surface area contributed by atoms with E-state index in [0.717, 1.165) is 18.2 Å². The zero-order valence-corrected chi connectivity index (χ0v) is 13.1. The molecular formula is C16H15F3N2O4. The number of carbonyl (C=O) groups excluding carboxylic acids is 2. The summed E-state index contributed by atoms with van der Waals surface area (Å²) in [4.78, 5) is 23.6. The van der Waals surface area contributed by atoms with Gasteiger partial charge >= 0.3 is 18.0 Å². The fourth-order valence-electron chi connectivity index (χ4n) is 2.00. The maximum absolute atomic E-state index is 12.6. The molecule has 1 heterocycles. The molecule has 0 aliphatic heterocycles. The van der Waals surface area contributed by atoms with E-state index < -0.39 is 29.7 Å². The first-order chi connectivity index (χ1) is 11.8. The molecule has 0 spiro atoms. The predicted molar refractivity (Wildman–Crippen MR) is 81.5 cm³/mol. The number of rotatable bonds is 5. The van der Waals surface area contributed by atoms with E-state index in [4.69, 9.17) is 9.15 Å². The highest BCUT2D eigenvalue weighted by Crippen LogP contribution is 2.30. The minimum Gasteiger partial charge on any atom is -0.467 e. The molecule has 0 fully saturated rings. The van der Waals surface area contributed by atoms with Crippen molar-refractivity contribution in [2.45, 2.75) is 12.3 Å². The molecule has 0 saturated heterocycles. The highest BCUT2D eigenvalue weighted by molar-refractivity contribution is 6.39. The summed E-state index contributed by atoms with van der Waals surface area (Å²) >= 11 is 0. The van der Waals surface area contributed by atoms with Crippen molar-refractivity contribution in [3.8, 4) is 0 Å². The third kappa shape index (κ3) is 5.08. The van der Waals surface area contributed by atoms with E-state index in [9.17, 15) is 22.8 Å². The van der Waals surface area contributed by atoms with E-state index in [0.29, 0.717) is 5.76 Å². The Morgan fingerprint density at radius 2 is 1.96 bits per heavy atom. The number of ether oxygens (including phenoxy) is 1. The molecule has 134 valence electrons. The van der Waals surface area contributed by atoms with Gasteiger partial charge in [-0.25, -0.2) is 0 Å². The summed E-state index contributed by atoms with van der Waals surface area (Å²) < 4.78 is 48.2. The topological polar surface area (TPSA) is 80.6 Å². The van der Waals surface area contributed by atoms with E-state index in [2.05, 4.69) is 10.6 Å². The van der Waals surface area contributed by atoms with Gasteiger partial charge in [0.2, 0.25) is 0 Å². The molecule has 0 saturated carbocycles. The van der Waals surface area contributed by atoms with Crippen LogP contribution in [-0.4, -0.2) is 25.5 Å². The Hall–Kier alpha value is -2.81. The van der Waals surface area contributed by atoms with Crippen LogP contribution in [0.3, 0.4) is 0 Å². The van der Waals surface area contributed by atoms with Gasteiger partial charge in [0.25, 0.3) is 0 Å². The van der Waals surface area contributed by atoms with Gasteiger partial charge in [-0.3, -0.25) is 9.59 Å². The Labute approximate surface area is 141 Å². The number of nitrogens with one attached hydrogen (secondary N) is 2. The van der Waals surface area contributed by atoms with Gasteiger partial charge in [0, 0.05) is 12.8 Å². The SMILES string of the molecule is COC(CNC(=O)C(=O)Nc1cccc(C(F)(F)F)c1)c1ccco1. The lowest BCUT2D eigenvalue weighted by Gasteiger charge is -2.14. The minimum atomic E-state index is -4.54. The zero-order valence-electron chi connectivity index (χ0n) is 13.1. The largest absolute Gasteiger partial charge is 0.467 e. The molecule has 2 N–H and O–H groups in total. The summed E-state index contributed by atoms with van der Waals surface area (Å²) in [5.74, 6) is -1.64. The fraction of sp³-hybridized carbons (Fsp3) is 0.250. The zero-order chi connectivity index (χ0) is 18.4. The van der Waals surface area contributed by atoms with Gasteiger partial charge in [0.15, 0.2) is 0 Å². The van der Waals surface area contributed by atoms with Gasteiger partial charge in [0.1, 0.15) is 11.9 Å². The number of furan rings is 1. The molecule has 0 bridgehead atoms. The van der Waals surface area contributed by atoms with Crippen LogP contribution in [0, 0.1) is 0 Å². The Kier molecular flexibility index (Phi) is 5.81. The van der Waals surface area contributed by atoms with E-state index in [1.807, 2.05) is 0 Å². The van der Waals surface area contributed by atoms with Crippen LogP contribution in [0.15, 0.2) is 47.1 Å². The molecule has 1 atom stereocenters. The Morgan fingerprint density at radius 3 is 2.56 bits per heavy atom. The molecule has 1 aromatic carbocycles. The second-order valence-corrected chi connectivity index (χ2v) is 4.98. The first-order valence-corrected chi connectivity index (χ1v) is 7.14. The number of benzene rings is 1. The van der Waals surface area contributed by atoms with Gasteiger partial charge in [-0.1, -0.05) is 6.07 Å². The first-order valence-electron chi connectivity index (χ1n) is 7.14. The van der Waals surface area contributed by atoms with Gasteiger partial charge in [-0.15, -0.1) is 0 Å². The molecule has 9 heteroatoms. The van der Waals surface area contributed by atoms with Crippen LogP contribution >= 0.6 is 0 Å². The van der Waals surface area contributed by atoms with E-state index >= 15 is 0 Å². The summed E-state index contributed by atoms with van der Waals surface area (Å²) in [6.07, 6.45) is -3.71. The van der Waals surface area contributed by atoms with Crippen LogP contribution in [0.2, 0.25) is 0 Å². The maximum atomic E-state index is 12.6. The lowest BCUT2D eigenvalue weighted by Crippen LogP contribution is -2.37. The monoisotopic (exact) mass is 356 g/mol. The minimum absolute atomic E-state index is 0.0428. The van der Waals surface area contributed by atoms with Crippen molar-refractivity contribution in [1.82, 2.24) is 5.32 Å². The number of anilines is 1. The van der Waals surface area contributed by atoms with Crippen LogP contribution in [-0.2, 0) is 20.5 Å². The third-order valence-electron chi connectivity index (χ3n) is 3.25. The normalized spacial score (nSPS) is 12.5. The second-order valence-electron chi connectivity index (χ2n) is 4.98. The summed E-state index contributed by atoms with van der Waals surface area (Å²) in [5.41, 5.74) is -1.06. The fourth-order valence-corrected chi connectivity index (χ4v) is 2.00. The molecule has 0 aliphatic carbocycles.